The Kier molecular flexibility index (Phi) is 5.56. The number of nitrogens with one attached hydrogen (secondary N) is 1. The maximum atomic E-state index is 12.0. The summed E-state index contributed by atoms with van der Waals surface area (Å²) in [6.07, 6.45) is 1.18. The number of hydrogen-bond donors (Lipinski definition) is 1. The van der Waals surface area contributed by atoms with E-state index in [1.54, 1.807) is 24.3 Å². The third-order valence-corrected chi connectivity index (χ3v) is 5.04. The van der Waals surface area contributed by atoms with Gasteiger partial charge in [0.1, 0.15) is 0 Å². The lowest BCUT2D eigenvalue weighted by Gasteiger charge is -2.05. The molecule has 0 aromatic heterocycles. The van der Waals surface area contributed by atoms with E-state index in [-0.39, 0.29) is 17.4 Å². The van der Waals surface area contributed by atoms with Gasteiger partial charge in [0.15, 0.2) is 5.78 Å². The molecule has 0 radical (unpaired) electrons. The Morgan fingerprint density at radius 3 is 2.68 bits per heavy atom. The lowest BCUT2D eigenvalue weighted by molar-refractivity contribution is -0.113. The zero-order valence-corrected chi connectivity index (χ0v) is 15.3. The van der Waals surface area contributed by atoms with Gasteiger partial charge in [-0.3, -0.25) is 9.59 Å². The highest BCUT2D eigenvalue weighted by atomic mass is 35.5. The minimum atomic E-state index is -0.0900. The van der Waals surface area contributed by atoms with E-state index in [4.69, 9.17) is 11.6 Å². The number of carbonyl (C=O) groups is 2. The molecule has 4 nitrogen and oxygen atoms in total. The molecular weight excluding hydrogens is 356 g/mol. The topological polar surface area (TPSA) is 58.5 Å². The SMILES string of the molecule is CCC(=O)c1ccc2c(c1)N=C(SCC(=O)Nc1ccc(Cl)cc1)C2. The summed E-state index contributed by atoms with van der Waals surface area (Å²) in [6, 6.07) is 12.6. The van der Waals surface area contributed by atoms with Gasteiger partial charge in [0.2, 0.25) is 5.91 Å². The quantitative estimate of drug-likeness (QED) is 0.760. The van der Waals surface area contributed by atoms with E-state index in [1.807, 2.05) is 25.1 Å². The molecule has 0 spiro atoms. The fourth-order valence-corrected chi connectivity index (χ4v) is 3.41. The lowest BCUT2D eigenvalue weighted by Crippen LogP contribution is -2.15. The molecule has 128 valence electrons. The van der Waals surface area contributed by atoms with Crippen molar-refractivity contribution in [2.75, 3.05) is 11.1 Å². The van der Waals surface area contributed by atoms with E-state index in [9.17, 15) is 9.59 Å². The predicted octanol–water partition coefficient (Wildman–Crippen LogP) is 4.89. The molecule has 1 amide bonds. The van der Waals surface area contributed by atoms with Crippen molar-refractivity contribution >= 4 is 51.5 Å². The standard InChI is InChI=1S/C19H17ClN2O2S/c1-2-17(23)13-4-3-12-10-19(22-16(12)9-13)25-11-18(24)21-15-7-5-14(20)6-8-15/h3-9H,2,10-11H2,1H3,(H,21,24). The molecule has 1 aliphatic heterocycles. The molecule has 3 rings (SSSR count). The van der Waals surface area contributed by atoms with Crippen LogP contribution in [0.2, 0.25) is 5.02 Å². The summed E-state index contributed by atoms with van der Waals surface area (Å²) < 4.78 is 0. The van der Waals surface area contributed by atoms with Gasteiger partial charge in [-0.2, -0.15) is 0 Å². The Morgan fingerprint density at radius 2 is 1.96 bits per heavy atom. The molecule has 2 aromatic carbocycles. The fraction of sp³-hybridized carbons (Fsp3) is 0.211. The summed E-state index contributed by atoms with van der Waals surface area (Å²) in [4.78, 5) is 28.4. The predicted molar refractivity (Wildman–Crippen MR) is 104 cm³/mol. The molecule has 0 bridgehead atoms. The average molecular weight is 373 g/mol. The van der Waals surface area contributed by atoms with Crippen molar-refractivity contribution in [3.05, 3.63) is 58.6 Å². The first kappa shape index (κ1) is 17.7. The van der Waals surface area contributed by atoms with E-state index in [2.05, 4.69) is 10.3 Å². The Labute approximate surface area is 155 Å². The number of aliphatic imine (C=N–C) groups is 1. The molecule has 0 aliphatic carbocycles. The Balaban J connectivity index is 1.57. The molecule has 0 fully saturated rings. The molecule has 1 N–H and O–H groups in total. The first-order valence-corrected chi connectivity index (χ1v) is 9.33. The smallest absolute Gasteiger partial charge is 0.234 e. The van der Waals surface area contributed by atoms with Crippen LogP contribution in [-0.4, -0.2) is 22.5 Å². The Morgan fingerprint density at radius 1 is 1.20 bits per heavy atom. The molecule has 1 aliphatic rings. The molecule has 0 saturated heterocycles. The first-order chi connectivity index (χ1) is 12.0. The molecule has 1 heterocycles. The third-order valence-electron chi connectivity index (χ3n) is 3.81. The van der Waals surface area contributed by atoms with Crippen molar-refractivity contribution in [2.45, 2.75) is 19.8 Å². The van der Waals surface area contributed by atoms with Crippen LogP contribution in [0.15, 0.2) is 47.5 Å². The summed E-state index contributed by atoms with van der Waals surface area (Å²) >= 11 is 7.24. The summed E-state index contributed by atoms with van der Waals surface area (Å²) in [6.45, 7) is 1.85. The van der Waals surface area contributed by atoms with Crippen LogP contribution in [-0.2, 0) is 11.2 Å². The van der Waals surface area contributed by atoms with Crippen LogP contribution < -0.4 is 5.32 Å². The molecule has 0 atom stereocenters. The lowest BCUT2D eigenvalue weighted by atomic mass is 10.0. The molecule has 0 saturated carbocycles. The van der Waals surface area contributed by atoms with Gasteiger partial charge in [0, 0.05) is 29.1 Å². The fourth-order valence-electron chi connectivity index (χ4n) is 2.49. The number of rotatable bonds is 5. The number of benzene rings is 2. The summed E-state index contributed by atoms with van der Waals surface area (Å²) in [5.74, 6) is 0.310. The van der Waals surface area contributed by atoms with Gasteiger partial charge in [-0.15, -0.1) is 11.8 Å². The molecule has 0 unspecified atom stereocenters. The van der Waals surface area contributed by atoms with Crippen molar-refractivity contribution in [1.82, 2.24) is 0 Å². The van der Waals surface area contributed by atoms with E-state index >= 15 is 0 Å². The first-order valence-electron chi connectivity index (χ1n) is 7.97. The molecule has 2 aromatic rings. The molecule has 25 heavy (non-hydrogen) atoms. The van der Waals surface area contributed by atoms with Crippen molar-refractivity contribution in [1.29, 1.82) is 0 Å². The minimum absolute atomic E-state index is 0.0900. The van der Waals surface area contributed by atoms with Crippen LogP contribution >= 0.6 is 23.4 Å². The van der Waals surface area contributed by atoms with E-state index in [0.717, 1.165) is 22.0 Å². The maximum Gasteiger partial charge on any atom is 0.234 e. The van der Waals surface area contributed by atoms with Crippen molar-refractivity contribution in [3.8, 4) is 0 Å². The number of halogens is 1. The van der Waals surface area contributed by atoms with Crippen LogP contribution in [0.4, 0.5) is 11.4 Å². The second-order valence-electron chi connectivity index (χ2n) is 5.65. The number of amides is 1. The van der Waals surface area contributed by atoms with Gasteiger partial charge >= 0.3 is 0 Å². The van der Waals surface area contributed by atoms with Crippen LogP contribution in [0, 0.1) is 0 Å². The van der Waals surface area contributed by atoms with Crippen molar-refractivity contribution in [3.63, 3.8) is 0 Å². The largest absolute Gasteiger partial charge is 0.325 e. The van der Waals surface area contributed by atoms with Gasteiger partial charge in [-0.1, -0.05) is 30.7 Å². The highest BCUT2D eigenvalue weighted by molar-refractivity contribution is 8.14. The van der Waals surface area contributed by atoms with Crippen LogP contribution in [0.3, 0.4) is 0 Å². The zero-order valence-electron chi connectivity index (χ0n) is 13.7. The minimum Gasteiger partial charge on any atom is -0.325 e. The number of nitrogens with zero attached hydrogens (tertiary/aromatic N) is 1. The number of ketones is 1. The van der Waals surface area contributed by atoms with Gasteiger partial charge in [-0.25, -0.2) is 4.99 Å². The van der Waals surface area contributed by atoms with E-state index < -0.39 is 0 Å². The number of Topliss-reactive ketones (excluding diaryl/α,β-unsaturated/α-hetero) is 1. The Bertz CT molecular complexity index is 847. The van der Waals surface area contributed by atoms with E-state index in [0.29, 0.717) is 23.4 Å². The second-order valence-corrected chi connectivity index (χ2v) is 7.13. The van der Waals surface area contributed by atoms with Gasteiger partial charge in [0.05, 0.1) is 16.5 Å². The number of hydrogen-bond acceptors (Lipinski definition) is 4. The van der Waals surface area contributed by atoms with Crippen LogP contribution in [0.5, 0.6) is 0 Å². The average Bonchev–Trinajstić information content (AvgIpc) is 3.03. The monoisotopic (exact) mass is 372 g/mol. The highest BCUT2D eigenvalue weighted by Crippen LogP contribution is 2.31. The van der Waals surface area contributed by atoms with Gasteiger partial charge in [-0.05, 0) is 35.9 Å². The summed E-state index contributed by atoms with van der Waals surface area (Å²) in [7, 11) is 0. The summed E-state index contributed by atoms with van der Waals surface area (Å²) in [5.41, 5.74) is 3.33. The molecule has 6 heteroatoms. The van der Waals surface area contributed by atoms with Crippen molar-refractivity contribution < 1.29 is 9.59 Å². The maximum absolute atomic E-state index is 12.0. The zero-order chi connectivity index (χ0) is 17.8. The number of carbonyl (C=O) groups excluding carboxylic acids is 2. The number of anilines is 1. The van der Waals surface area contributed by atoms with Gasteiger partial charge < -0.3 is 5.32 Å². The molecular formula is C19H17ClN2O2S. The van der Waals surface area contributed by atoms with Crippen LogP contribution in [0.25, 0.3) is 0 Å². The van der Waals surface area contributed by atoms with E-state index in [1.165, 1.54) is 11.8 Å². The van der Waals surface area contributed by atoms with Crippen LogP contribution in [0.1, 0.15) is 29.3 Å². The Hall–Kier alpha value is -2.11. The second kappa shape index (κ2) is 7.85. The third kappa shape index (κ3) is 4.50. The van der Waals surface area contributed by atoms with Crippen molar-refractivity contribution in [2.24, 2.45) is 4.99 Å². The number of fused-ring (bicyclic) bond motifs is 1. The normalized spacial score (nSPS) is 12.5. The number of thioether (sulfide) groups is 1. The highest BCUT2D eigenvalue weighted by Gasteiger charge is 2.17. The summed E-state index contributed by atoms with van der Waals surface area (Å²) in [5, 5.41) is 4.35. The van der Waals surface area contributed by atoms with Gasteiger partial charge in [0.25, 0.3) is 0 Å².